The Labute approximate surface area is 166 Å². The van der Waals surface area contributed by atoms with Crippen molar-refractivity contribution in [2.75, 3.05) is 24.9 Å². The van der Waals surface area contributed by atoms with Gasteiger partial charge in [0, 0.05) is 17.1 Å². The number of benzene rings is 2. The van der Waals surface area contributed by atoms with Gasteiger partial charge in [-0.3, -0.25) is 9.59 Å². The minimum absolute atomic E-state index is 0.0262. The van der Waals surface area contributed by atoms with Crippen LogP contribution in [0.15, 0.2) is 46.9 Å². The highest BCUT2D eigenvalue weighted by Gasteiger charge is 2.23. The molecule has 146 valence electrons. The summed E-state index contributed by atoms with van der Waals surface area (Å²) in [6.07, 6.45) is 0. The molecule has 0 bridgehead atoms. The van der Waals surface area contributed by atoms with Crippen molar-refractivity contribution in [2.24, 2.45) is 0 Å². The highest BCUT2D eigenvalue weighted by atomic mass is 35.5. The molecule has 8 heteroatoms. The van der Waals surface area contributed by atoms with Crippen molar-refractivity contribution in [3.63, 3.8) is 0 Å². The first kappa shape index (κ1) is 19.6. The number of furan rings is 1. The first-order valence-corrected chi connectivity index (χ1v) is 8.88. The Morgan fingerprint density at radius 1 is 1.04 bits per heavy atom. The topological polar surface area (TPSA) is 89.8 Å². The van der Waals surface area contributed by atoms with Gasteiger partial charge in [-0.25, -0.2) is 0 Å². The molecule has 0 unspecified atom stereocenters. The van der Waals surface area contributed by atoms with Gasteiger partial charge in [0.2, 0.25) is 11.7 Å². The van der Waals surface area contributed by atoms with E-state index in [0.717, 1.165) is 0 Å². The summed E-state index contributed by atoms with van der Waals surface area (Å²) in [6.45, 7) is 1.54. The zero-order chi connectivity index (χ0) is 20.3. The van der Waals surface area contributed by atoms with E-state index < -0.39 is 17.2 Å². The second-order valence-electron chi connectivity index (χ2n) is 5.93. The van der Waals surface area contributed by atoms with Crippen LogP contribution in [0.1, 0.15) is 17.5 Å². The van der Waals surface area contributed by atoms with Gasteiger partial charge in [0.25, 0.3) is 5.91 Å². The lowest BCUT2D eigenvalue weighted by Crippen LogP contribution is -2.22. The average Bonchev–Trinajstić information content (AvgIpc) is 3.06. The molecule has 2 aromatic carbocycles. The lowest BCUT2D eigenvalue weighted by atomic mass is 10.2. The summed E-state index contributed by atoms with van der Waals surface area (Å²) in [5.41, 5.74) is 1.22. The molecule has 28 heavy (non-hydrogen) atoms. The molecule has 0 spiro atoms. The lowest BCUT2D eigenvalue weighted by molar-refractivity contribution is -0.115. The quantitative estimate of drug-likeness (QED) is 0.601. The Morgan fingerprint density at radius 2 is 1.75 bits per heavy atom. The van der Waals surface area contributed by atoms with Crippen LogP contribution in [0.25, 0.3) is 11.0 Å². The molecule has 0 fully saturated rings. The van der Waals surface area contributed by atoms with Crippen molar-refractivity contribution in [3.8, 4) is 11.5 Å². The van der Waals surface area contributed by atoms with Gasteiger partial charge in [0.15, 0.2) is 11.5 Å². The number of alkyl halides is 1. The largest absolute Gasteiger partial charge is 0.493 e. The number of fused-ring (bicyclic) bond motifs is 1. The summed E-state index contributed by atoms with van der Waals surface area (Å²) in [7, 11) is 3.03. The summed E-state index contributed by atoms with van der Waals surface area (Å²) < 4.78 is 16.1. The predicted molar refractivity (Wildman–Crippen MR) is 108 cm³/mol. The summed E-state index contributed by atoms with van der Waals surface area (Å²) in [4.78, 5) is 24.9. The number of anilines is 2. The third-order valence-corrected chi connectivity index (χ3v) is 4.25. The predicted octanol–water partition coefficient (Wildman–Crippen LogP) is 4.27. The third-order valence-electron chi connectivity index (χ3n) is 4.05. The molecule has 2 amide bonds. The number of para-hydroxylation sites is 1. The second kappa shape index (κ2) is 8.22. The maximum absolute atomic E-state index is 12.8. The Morgan fingerprint density at radius 3 is 2.43 bits per heavy atom. The Kier molecular flexibility index (Phi) is 5.75. The molecule has 3 rings (SSSR count). The van der Waals surface area contributed by atoms with E-state index in [1.165, 1.54) is 14.2 Å². The van der Waals surface area contributed by atoms with E-state index in [0.29, 0.717) is 28.2 Å². The van der Waals surface area contributed by atoms with Crippen LogP contribution in [0.2, 0.25) is 0 Å². The van der Waals surface area contributed by atoms with Crippen molar-refractivity contribution in [2.45, 2.75) is 12.3 Å². The van der Waals surface area contributed by atoms with Crippen molar-refractivity contribution in [1.82, 2.24) is 0 Å². The molecule has 0 aliphatic rings. The van der Waals surface area contributed by atoms with Gasteiger partial charge in [-0.2, -0.15) is 0 Å². The number of ether oxygens (including phenoxy) is 2. The van der Waals surface area contributed by atoms with Crippen LogP contribution in [0.3, 0.4) is 0 Å². The third kappa shape index (κ3) is 3.89. The number of rotatable bonds is 6. The number of halogens is 1. The lowest BCUT2D eigenvalue weighted by Gasteiger charge is -2.11. The van der Waals surface area contributed by atoms with Crippen molar-refractivity contribution in [3.05, 3.63) is 48.2 Å². The number of methoxy groups -OCH3 is 2. The fraction of sp³-hybridized carbons (Fsp3) is 0.200. The molecule has 0 aliphatic carbocycles. The minimum atomic E-state index is -0.768. The van der Waals surface area contributed by atoms with E-state index in [2.05, 4.69) is 10.6 Å². The Bertz CT molecular complexity index is 1030. The summed E-state index contributed by atoms with van der Waals surface area (Å²) in [5.74, 6) is 0.0127. The smallest absolute Gasteiger partial charge is 0.293 e. The van der Waals surface area contributed by atoms with Crippen molar-refractivity contribution < 1.29 is 23.5 Å². The van der Waals surface area contributed by atoms with E-state index in [-0.39, 0.29) is 11.4 Å². The van der Waals surface area contributed by atoms with Crippen LogP contribution in [0.4, 0.5) is 11.4 Å². The van der Waals surface area contributed by atoms with Crippen LogP contribution < -0.4 is 20.1 Å². The normalized spacial score (nSPS) is 11.7. The van der Waals surface area contributed by atoms with E-state index in [1.807, 2.05) is 0 Å². The van der Waals surface area contributed by atoms with Gasteiger partial charge in [-0.15, -0.1) is 11.6 Å². The fourth-order valence-corrected chi connectivity index (χ4v) is 2.71. The van der Waals surface area contributed by atoms with Gasteiger partial charge < -0.3 is 24.5 Å². The van der Waals surface area contributed by atoms with Gasteiger partial charge in [-0.05, 0) is 31.2 Å². The molecule has 3 aromatic rings. The van der Waals surface area contributed by atoms with E-state index in [9.17, 15) is 9.59 Å². The van der Waals surface area contributed by atoms with Crippen molar-refractivity contribution in [1.29, 1.82) is 0 Å². The van der Waals surface area contributed by atoms with Gasteiger partial charge in [0.05, 0.1) is 14.2 Å². The molecule has 0 aliphatic heterocycles. The fourth-order valence-electron chi connectivity index (χ4n) is 2.65. The second-order valence-corrected chi connectivity index (χ2v) is 6.59. The average molecular weight is 403 g/mol. The molecule has 0 saturated heterocycles. The zero-order valence-electron chi connectivity index (χ0n) is 15.5. The minimum Gasteiger partial charge on any atom is -0.493 e. The zero-order valence-corrected chi connectivity index (χ0v) is 16.3. The first-order valence-electron chi connectivity index (χ1n) is 8.44. The number of hydrogen-bond donors (Lipinski definition) is 2. The highest BCUT2D eigenvalue weighted by molar-refractivity contribution is 6.33. The van der Waals surface area contributed by atoms with Crippen LogP contribution in [0, 0.1) is 0 Å². The van der Waals surface area contributed by atoms with Crippen LogP contribution >= 0.6 is 11.6 Å². The number of amides is 2. The van der Waals surface area contributed by atoms with Gasteiger partial charge in [0.1, 0.15) is 16.6 Å². The van der Waals surface area contributed by atoms with Gasteiger partial charge >= 0.3 is 0 Å². The molecule has 7 nitrogen and oxygen atoms in total. The highest BCUT2D eigenvalue weighted by Crippen LogP contribution is 2.33. The van der Waals surface area contributed by atoms with Crippen molar-refractivity contribution >= 4 is 45.8 Å². The first-order chi connectivity index (χ1) is 13.4. The van der Waals surface area contributed by atoms with Crippen LogP contribution in [0.5, 0.6) is 11.5 Å². The Hall–Kier alpha value is -3.19. The molecule has 1 heterocycles. The molecular formula is C20H19ClN2O5. The summed E-state index contributed by atoms with van der Waals surface area (Å²) >= 11 is 5.85. The Balaban J connectivity index is 1.96. The number of carbonyl (C=O) groups is 2. The molecule has 1 aromatic heterocycles. The molecule has 1 atom stereocenters. The number of hydrogen-bond acceptors (Lipinski definition) is 5. The number of carbonyl (C=O) groups excluding carboxylic acids is 2. The molecular weight excluding hydrogens is 384 g/mol. The standard InChI is InChI=1S/C20H19ClN2O5/c1-11(21)19(24)23-17-13-6-4-5-7-14(13)28-18(17)20(25)22-12-8-9-15(26-2)16(10-12)27-3/h4-11H,1-3H3,(H,22,25)(H,23,24)/t11-/m1/s1. The SMILES string of the molecule is COc1ccc(NC(=O)c2oc3ccccc3c2NC(=O)[C@@H](C)Cl)cc1OC. The molecule has 0 saturated carbocycles. The van der Waals surface area contributed by atoms with Crippen LogP contribution in [-0.2, 0) is 4.79 Å². The maximum Gasteiger partial charge on any atom is 0.293 e. The summed E-state index contributed by atoms with van der Waals surface area (Å²) in [6, 6.07) is 12.0. The van der Waals surface area contributed by atoms with Crippen LogP contribution in [-0.4, -0.2) is 31.4 Å². The van der Waals surface area contributed by atoms with E-state index in [4.69, 9.17) is 25.5 Å². The molecule has 2 N–H and O–H groups in total. The van der Waals surface area contributed by atoms with E-state index in [1.54, 1.807) is 49.4 Å². The van der Waals surface area contributed by atoms with Gasteiger partial charge in [-0.1, -0.05) is 12.1 Å². The monoisotopic (exact) mass is 402 g/mol. The summed E-state index contributed by atoms with van der Waals surface area (Å²) in [5, 5.41) is 5.24. The maximum atomic E-state index is 12.8. The van der Waals surface area contributed by atoms with E-state index >= 15 is 0 Å². The number of nitrogens with one attached hydrogen (secondary N) is 2. The molecule has 0 radical (unpaired) electrons.